The maximum Gasteiger partial charge on any atom is 0.295 e. The molecule has 0 aromatic heterocycles. The molecule has 1 fully saturated rings. The summed E-state index contributed by atoms with van der Waals surface area (Å²) in [7, 11) is 0. The molecule has 188 valence electrons. The van der Waals surface area contributed by atoms with Crippen LogP contribution in [0.3, 0.4) is 0 Å². The molecule has 1 N–H and O–H groups in total. The molecule has 2 aromatic carbocycles. The number of nitrogens with zero attached hydrogens (tertiary/aromatic N) is 2. The molecule has 1 aliphatic rings. The first-order valence-electron chi connectivity index (χ1n) is 12.6. The number of rotatable bonds is 11. The van der Waals surface area contributed by atoms with E-state index >= 15 is 0 Å². The summed E-state index contributed by atoms with van der Waals surface area (Å²) < 4.78 is 5.84. The second-order valence-corrected chi connectivity index (χ2v) is 9.11. The van der Waals surface area contributed by atoms with Crippen LogP contribution in [0, 0.1) is 13.8 Å². The fourth-order valence-electron chi connectivity index (χ4n) is 4.44. The molecule has 1 saturated heterocycles. The Morgan fingerprint density at radius 1 is 1.03 bits per heavy atom. The Morgan fingerprint density at radius 2 is 1.71 bits per heavy atom. The van der Waals surface area contributed by atoms with Gasteiger partial charge in [0.15, 0.2) is 0 Å². The number of hydrogen-bond acceptors (Lipinski definition) is 5. The van der Waals surface area contributed by atoms with Gasteiger partial charge in [0.2, 0.25) is 0 Å². The van der Waals surface area contributed by atoms with Crippen LogP contribution in [0.15, 0.2) is 48.0 Å². The first kappa shape index (κ1) is 26.5. The quantitative estimate of drug-likeness (QED) is 0.207. The minimum Gasteiger partial charge on any atom is -0.507 e. The van der Waals surface area contributed by atoms with Crippen molar-refractivity contribution in [2.24, 2.45) is 0 Å². The molecular weight excluding hydrogens is 440 g/mol. The monoisotopic (exact) mass is 478 g/mol. The average Bonchev–Trinajstić information content (AvgIpc) is 3.10. The van der Waals surface area contributed by atoms with Crippen LogP contribution >= 0.6 is 0 Å². The number of aliphatic hydroxyl groups is 1. The predicted octanol–water partition coefficient (Wildman–Crippen LogP) is 5.25. The van der Waals surface area contributed by atoms with Gasteiger partial charge in [0.1, 0.15) is 11.5 Å². The summed E-state index contributed by atoms with van der Waals surface area (Å²) in [4.78, 5) is 30.2. The molecule has 2 aromatic rings. The summed E-state index contributed by atoms with van der Waals surface area (Å²) in [6, 6.07) is 12.5. The van der Waals surface area contributed by atoms with Crippen molar-refractivity contribution in [2.45, 2.75) is 53.5 Å². The highest BCUT2D eigenvalue weighted by Gasteiger charge is 2.45. The second kappa shape index (κ2) is 12.0. The van der Waals surface area contributed by atoms with E-state index in [0.717, 1.165) is 48.4 Å². The van der Waals surface area contributed by atoms with E-state index in [1.807, 2.05) is 50.2 Å². The predicted molar refractivity (Wildman–Crippen MR) is 140 cm³/mol. The van der Waals surface area contributed by atoms with Crippen LogP contribution in [0.25, 0.3) is 5.76 Å². The molecular formula is C29H38N2O4. The number of hydrogen-bond donors (Lipinski definition) is 1. The zero-order chi connectivity index (χ0) is 25.5. The van der Waals surface area contributed by atoms with Crippen LogP contribution in [0.1, 0.15) is 61.9 Å². The number of benzene rings is 2. The van der Waals surface area contributed by atoms with E-state index in [4.69, 9.17) is 4.74 Å². The largest absolute Gasteiger partial charge is 0.507 e. The van der Waals surface area contributed by atoms with Gasteiger partial charge in [-0.3, -0.25) is 9.59 Å². The highest BCUT2D eigenvalue weighted by atomic mass is 16.5. The highest BCUT2D eigenvalue weighted by Crippen LogP contribution is 2.39. The Morgan fingerprint density at radius 3 is 2.31 bits per heavy atom. The standard InChI is InChI=1S/C29H38N2O4/c1-6-9-18-35-24-15-14-23(19-21(24)5)27(32)25-26(22-12-10-20(4)11-13-22)31(29(34)28(25)33)17-16-30(7-2)8-3/h10-15,19,26,32H,6-9,16-18H2,1-5H3/b27-25-. The van der Waals surface area contributed by atoms with Gasteiger partial charge in [0.25, 0.3) is 11.7 Å². The van der Waals surface area contributed by atoms with E-state index in [-0.39, 0.29) is 11.3 Å². The number of carbonyl (C=O) groups excluding carboxylic acids is 2. The number of likely N-dealkylation sites (N-methyl/N-ethyl adjacent to an activating group) is 1. The summed E-state index contributed by atoms with van der Waals surface area (Å²) in [6.45, 7) is 13.6. The molecule has 0 radical (unpaired) electrons. The number of aryl methyl sites for hydroxylation is 2. The topological polar surface area (TPSA) is 70.1 Å². The maximum absolute atomic E-state index is 13.2. The van der Waals surface area contributed by atoms with E-state index in [9.17, 15) is 14.7 Å². The number of carbonyl (C=O) groups is 2. The van der Waals surface area contributed by atoms with Crippen LogP contribution in [-0.2, 0) is 9.59 Å². The zero-order valence-corrected chi connectivity index (χ0v) is 21.6. The van der Waals surface area contributed by atoms with Crippen LogP contribution in [-0.4, -0.2) is 59.4 Å². The summed E-state index contributed by atoms with van der Waals surface area (Å²) >= 11 is 0. The van der Waals surface area contributed by atoms with Crippen molar-refractivity contribution in [3.05, 3.63) is 70.3 Å². The lowest BCUT2D eigenvalue weighted by molar-refractivity contribution is -0.140. The van der Waals surface area contributed by atoms with Gasteiger partial charge in [0, 0.05) is 18.7 Å². The van der Waals surface area contributed by atoms with E-state index in [2.05, 4.69) is 25.7 Å². The number of amides is 1. The third-order valence-corrected chi connectivity index (χ3v) is 6.69. The molecule has 0 aliphatic carbocycles. The number of ketones is 1. The fraction of sp³-hybridized carbons (Fsp3) is 0.448. The Hall–Kier alpha value is -3.12. The summed E-state index contributed by atoms with van der Waals surface area (Å²) in [5, 5.41) is 11.3. The van der Waals surface area contributed by atoms with Crippen molar-refractivity contribution in [2.75, 3.05) is 32.8 Å². The van der Waals surface area contributed by atoms with E-state index in [0.29, 0.717) is 25.3 Å². The lowest BCUT2D eigenvalue weighted by Crippen LogP contribution is -2.38. The fourth-order valence-corrected chi connectivity index (χ4v) is 4.44. The number of likely N-dealkylation sites (tertiary alicyclic amines) is 1. The average molecular weight is 479 g/mol. The van der Waals surface area contributed by atoms with E-state index < -0.39 is 17.7 Å². The van der Waals surface area contributed by atoms with E-state index in [1.165, 1.54) is 0 Å². The zero-order valence-electron chi connectivity index (χ0n) is 21.6. The Balaban J connectivity index is 2.03. The first-order valence-corrected chi connectivity index (χ1v) is 12.6. The Labute approximate surface area is 209 Å². The van der Waals surface area contributed by atoms with Gasteiger partial charge in [-0.2, -0.15) is 0 Å². The minimum atomic E-state index is -0.645. The number of Topliss-reactive ketones (excluding diaryl/α,β-unsaturated/α-hetero) is 1. The molecule has 1 amide bonds. The third kappa shape index (κ3) is 5.93. The van der Waals surface area contributed by atoms with Crippen molar-refractivity contribution >= 4 is 17.4 Å². The van der Waals surface area contributed by atoms with Crippen molar-refractivity contribution < 1.29 is 19.4 Å². The molecule has 0 bridgehead atoms. The first-order chi connectivity index (χ1) is 16.8. The minimum absolute atomic E-state index is 0.137. The van der Waals surface area contributed by atoms with Gasteiger partial charge in [-0.1, -0.05) is 57.0 Å². The molecule has 1 unspecified atom stereocenters. The van der Waals surface area contributed by atoms with Gasteiger partial charge in [0.05, 0.1) is 18.2 Å². The molecule has 6 heteroatoms. The van der Waals surface area contributed by atoms with Gasteiger partial charge in [-0.05, 0) is 62.7 Å². The lowest BCUT2D eigenvalue weighted by atomic mass is 9.94. The summed E-state index contributed by atoms with van der Waals surface area (Å²) in [5.74, 6) is -0.610. The van der Waals surface area contributed by atoms with Crippen molar-refractivity contribution in [1.82, 2.24) is 9.80 Å². The summed E-state index contributed by atoms with van der Waals surface area (Å²) in [6.07, 6.45) is 2.01. The smallest absolute Gasteiger partial charge is 0.295 e. The number of aliphatic hydroxyl groups excluding tert-OH is 1. The van der Waals surface area contributed by atoms with Crippen LogP contribution < -0.4 is 4.74 Å². The molecule has 35 heavy (non-hydrogen) atoms. The molecule has 3 rings (SSSR count). The lowest BCUT2D eigenvalue weighted by Gasteiger charge is -2.28. The Bertz CT molecular complexity index is 1070. The van der Waals surface area contributed by atoms with Gasteiger partial charge < -0.3 is 19.6 Å². The third-order valence-electron chi connectivity index (χ3n) is 6.69. The van der Waals surface area contributed by atoms with Gasteiger partial charge in [-0.15, -0.1) is 0 Å². The molecule has 0 saturated carbocycles. The van der Waals surface area contributed by atoms with Crippen LogP contribution in [0.2, 0.25) is 0 Å². The normalized spacial score (nSPS) is 17.4. The van der Waals surface area contributed by atoms with Crippen molar-refractivity contribution in [3.8, 4) is 5.75 Å². The van der Waals surface area contributed by atoms with Crippen LogP contribution in [0.4, 0.5) is 0 Å². The second-order valence-electron chi connectivity index (χ2n) is 9.11. The van der Waals surface area contributed by atoms with Crippen molar-refractivity contribution in [1.29, 1.82) is 0 Å². The molecule has 1 aliphatic heterocycles. The summed E-state index contributed by atoms with van der Waals surface area (Å²) in [5.41, 5.74) is 3.41. The number of ether oxygens (including phenoxy) is 1. The SMILES string of the molecule is CCCCOc1ccc(/C(O)=C2/C(=O)C(=O)N(CCN(CC)CC)C2c2ccc(C)cc2)cc1C. The maximum atomic E-state index is 13.2. The molecule has 1 atom stereocenters. The molecule has 0 spiro atoms. The van der Waals surface area contributed by atoms with E-state index in [1.54, 1.807) is 11.0 Å². The molecule has 6 nitrogen and oxygen atoms in total. The van der Waals surface area contributed by atoms with Gasteiger partial charge in [-0.25, -0.2) is 0 Å². The van der Waals surface area contributed by atoms with Crippen molar-refractivity contribution in [3.63, 3.8) is 0 Å². The molecule has 1 heterocycles. The van der Waals surface area contributed by atoms with Gasteiger partial charge >= 0.3 is 0 Å². The Kier molecular flexibility index (Phi) is 9.10. The highest BCUT2D eigenvalue weighted by molar-refractivity contribution is 6.46. The number of unbranched alkanes of at least 4 members (excludes halogenated alkanes) is 1. The van der Waals surface area contributed by atoms with Crippen LogP contribution in [0.5, 0.6) is 5.75 Å².